The van der Waals surface area contributed by atoms with Gasteiger partial charge < -0.3 is 33.3 Å². The SMILES string of the molecule is O=c1cc(Cc2ccc3c(c2)-c2oc(=O)c(Cc4cc(=O)oc5c(O)cccc45)cc2C(O)O3)c2c(O)cccc2o1. The van der Waals surface area contributed by atoms with E-state index in [9.17, 15) is 29.7 Å². The van der Waals surface area contributed by atoms with Gasteiger partial charge in [0.25, 0.3) is 0 Å². The maximum absolute atomic E-state index is 13.2. The molecule has 4 heterocycles. The molecule has 3 aromatic heterocycles. The summed E-state index contributed by atoms with van der Waals surface area (Å²) in [6.45, 7) is 0. The second-order valence-corrected chi connectivity index (χ2v) is 9.98. The summed E-state index contributed by atoms with van der Waals surface area (Å²) >= 11 is 0. The van der Waals surface area contributed by atoms with Crippen molar-refractivity contribution in [3.63, 3.8) is 0 Å². The van der Waals surface area contributed by atoms with Gasteiger partial charge in [0.1, 0.15) is 17.1 Å². The quantitative estimate of drug-likeness (QED) is 0.260. The summed E-state index contributed by atoms with van der Waals surface area (Å²) in [4.78, 5) is 37.5. The number of phenolic OH excluding ortho intramolecular Hbond substituents is 2. The summed E-state index contributed by atoms with van der Waals surface area (Å²) in [5.41, 5.74) is 0.801. The first-order valence-electron chi connectivity index (χ1n) is 12.9. The van der Waals surface area contributed by atoms with Crippen molar-refractivity contribution in [1.82, 2.24) is 0 Å². The van der Waals surface area contributed by atoms with Crippen LogP contribution in [0.25, 0.3) is 33.3 Å². The van der Waals surface area contributed by atoms with Gasteiger partial charge in [0.2, 0.25) is 6.29 Å². The van der Waals surface area contributed by atoms with Gasteiger partial charge in [0, 0.05) is 29.5 Å². The van der Waals surface area contributed by atoms with E-state index in [-0.39, 0.29) is 58.1 Å². The number of hydrogen-bond donors (Lipinski definition) is 3. The highest BCUT2D eigenvalue weighted by Gasteiger charge is 2.29. The molecule has 10 heteroatoms. The summed E-state index contributed by atoms with van der Waals surface area (Å²) < 4.78 is 21.8. The Balaban J connectivity index is 1.30. The van der Waals surface area contributed by atoms with Gasteiger partial charge >= 0.3 is 16.9 Å². The van der Waals surface area contributed by atoms with Gasteiger partial charge in [-0.1, -0.05) is 24.3 Å². The Morgan fingerprint density at radius 3 is 2.33 bits per heavy atom. The number of phenols is 2. The van der Waals surface area contributed by atoms with Gasteiger partial charge in [-0.25, -0.2) is 14.4 Å². The van der Waals surface area contributed by atoms with Gasteiger partial charge in [0.05, 0.1) is 16.5 Å². The molecule has 10 nitrogen and oxygen atoms in total. The van der Waals surface area contributed by atoms with Gasteiger partial charge in [-0.2, -0.15) is 0 Å². The number of fused-ring (bicyclic) bond motifs is 5. The van der Waals surface area contributed by atoms with Crippen LogP contribution in [-0.2, 0) is 12.8 Å². The van der Waals surface area contributed by atoms with E-state index in [4.69, 9.17) is 18.0 Å². The van der Waals surface area contributed by atoms with Crippen molar-refractivity contribution in [2.45, 2.75) is 19.1 Å². The van der Waals surface area contributed by atoms with Crippen LogP contribution in [0.4, 0.5) is 0 Å². The molecule has 7 rings (SSSR count). The molecule has 0 spiro atoms. The number of ether oxygens (including phenoxy) is 1. The van der Waals surface area contributed by atoms with Crippen molar-refractivity contribution >= 4 is 21.9 Å². The normalized spacial score (nSPS) is 14.0. The Hall–Kier alpha value is -5.61. The number of benzene rings is 3. The number of para-hydroxylation sites is 1. The van der Waals surface area contributed by atoms with E-state index < -0.39 is 23.2 Å². The smallest absolute Gasteiger partial charge is 0.339 e. The third-order valence-electron chi connectivity index (χ3n) is 7.28. The largest absolute Gasteiger partial charge is 0.507 e. The van der Waals surface area contributed by atoms with Crippen LogP contribution in [0, 0.1) is 0 Å². The third-order valence-corrected chi connectivity index (χ3v) is 7.28. The summed E-state index contributed by atoms with van der Waals surface area (Å²) in [6.07, 6.45) is -1.22. The minimum absolute atomic E-state index is 0.00413. The van der Waals surface area contributed by atoms with E-state index in [1.807, 2.05) is 0 Å². The summed E-state index contributed by atoms with van der Waals surface area (Å²) in [5, 5.41) is 32.2. The molecule has 3 aromatic carbocycles. The molecule has 6 aromatic rings. The second-order valence-electron chi connectivity index (χ2n) is 9.98. The second kappa shape index (κ2) is 9.50. The molecule has 0 saturated heterocycles. The van der Waals surface area contributed by atoms with Crippen LogP contribution >= 0.6 is 0 Å². The predicted molar refractivity (Wildman–Crippen MR) is 150 cm³/mol. The zero-order valence-corrected chi connectivity index (χ0v) is 21.6. The summed E-state index contributed by atoms with van der Waals surface area (Å²) in [7, 11) is 0. The van der Waals surface area contributed by atoms with E-state index in [2.05, 4.69) is 0 Å². The van der Waals surface area contributed by atoms with E-state index in [1.165, 1.54) is 30.3 Å². The van der Waals surface area contributed by atoms with Crippen molar-refractivity contribution in [1.29, 1.82) is 0 Å². The number of aliphatic hydroxyl groups is 1. The van der Waals surface area contributed by atoms with Crippen molar-refractivity contribution in [2.24, 2.45) is 0 Å². The van der Waals surface area contributed by atoms with Crippen molar-refractivity contribution < 1.29 is 33.3 Å². The van der Waals surface area contributed by atoms with Crippen LogP contribution in [0.15, 0.2) is 100 Å². The summed E-state index contributed by atoms with van der Waals surface area (Å²) in [6, 6.07) is 18.4. The van der Waals surface area contributed by atoms with Crippen LogP contribution in [-0.4, -0.2) is 15.3 Å². The molecule has 1 aliphatic heterocycles. The molecule has 42 heavy (non-hydrogen) atoms. The average molecular weight is 565 g/mol. The van der Waals surface area contributed by atoms with Crippen molar-refractivity contribution in [3.05, 3.63) is 132 Å². The summed E-state index contributed by atoms with van der Waals surface area (Å²) in [5.74, 6) is 0.172. The fourth-order valence-corrected chi connectivity index (χ4v) is 5.42. The first-order valence-corrected chi connectivity index (χ1v) is 12.9. The van der Waals surface area contributed by atoms with E-state index in [1.54, 1.807) is 42.5 Å². The van der Waals surface area contributed by atoms with Crippen LogP contribution in [0.3, 0.4) is 0 Å². The van der Waals surface area contributed by atoms with Gasteiger partial charge in [-0.3, -0.25) is 0 Å². The highest BCUT2D eigenvalue weighted by molar-refractivity contribution is 5.87. The lowest BCUT2D eigenvalue weighted by atomic mass is 9.95. The fourth-order valence-electron chi connectivity index (χ4n) is 5.42. The number of aromatic hydroxyl groups is 2. The Bertz CT molecular complexity index is 2240. The maximum atomic E-state index is 13.2. The first kappa shape index (κ1) is 25.4. The number of aliphatic hydroxyl groups excluding tert-OH is 1. The zero-order chi connectivity index (χ0) is 29.1. The van der Waals surface area contributed by atoms with Crippen LogP contribution in [0.5, 0.6) is 17.2 Å². The molecule has 3 N–H and O–H groups in total. The number of rotatable bonds is 4. The number of hydrogen-bond acceptors (Lipinski definition) is 10. The Morgan fingerprint density at radius 2 is 1.48 bits per heavy atom. The third kappa shape index (κ3) is 4.21. The molecule has 208 valence electrons. The highest BCUT2D eigenvalue weighted by Crippen LogP contribution is 2.42. The first-order chi connectivity index (χ1) is 20.2. The van der Waals surface area contributed by atoms with E-state index in [0.717, 1.165) is 0 Å². The molecule has 0 fully saturated rings. The lowest BCUT2D eigenvalue weighted by Gasteiger charge is -2.24. The minimum Gasteiger partial charge on any atom is -0.507 e. The lowest BCUT2D eigenvalue weighted by molar-refractivity contribution is -0.0232. The van der Waals surface area contributed by atoms with Gasteiger partial charge in [0.15, 0.2) is 17.1 Å². The minimum atomic E-state index is -1.43. The van der Waals surface area contributed by atoms with Crippen molar-refractivity contribution in [2.75, 3.05) is 0 Å². The van der Waals surface area contributed by atoms with E-state index >= 15 is 0 Å². The average Bonchev–Trinajstić information content (AvgIpc) is 2.94. The molecular formula is C32H20O10. The molecular weight excluding hydrogens is 544 g/mol. The monoisotopic (exact) mass is 564 g/mol. The molecule has 0 bridgehead atoms. The van der Waals surface area contributed by atoms with Gasteiger partial charge in [-0.05, 0) is 59.5 Å². The van der Waals surface area contributed by atoms with E-state index in [0.29, 0.717) is 33.0 Å². The van der Waals surface area contributed by atoms with Crippen LogP contribution in [0.2, 0.25) is 0 Å². The Kier molecular flexibility index (Phi) is 5.73. The predicted octanol–water partition coefficient (Wildman–Crippen LogP) is 4.50. The molecule has 1 atom stereocenters. The highest BCUT2D eigenvalue weighted by atomic mass is 16.6. The standard InChI is InChI=1S/C32H20O10/c33-22-4-2-6-25-28(22)17(14-26(35)39-25)9-15-7-8-24-20(10-15)29-21(32(38)40-24)12-18(31(37)42-29)11-16-13-27(36)41-30-19(16)3-1-5-23(30)34/h1-8,10,12-14,32-34,38H,9,11H2. The molecule has 0 radical (unpaired) electrons. The molecule has 0 saturated carbocycles. The molecule has 1 aliphatic rings. The van der Waals surface area contributed by atoms with Crippen molar-refractivity contribution in [3.8, 4) is 28.6 Å². The topological polar surface area (TPSA) is 161 Å². The fraction of sp³-hybridized carbons (Fsp3) is 0.0938. The van der Waals surface area contributed by atoms with Crippen LogP contribution in [0.1, 0.15) is 34.1 Å². The lowest BCUT2D eigenvalue weighted by Crippen LogP contribution is -2.19. The van der Waals surface area contributed by atoms with Gasteiger partial charge in [-0.15, -0.1) is 0 Å². The van der Waals surface area contributed by atoms with Crippen LogP contribution < -0.4 is 21.6 Å². The molecule has 0 amide bonds. The molecule has 1 unspecified atom stereocenters. The Labute approximate surface area is 234 Å². The molecule has 0 aliphatic carbocycles. The maximum Gasteiger partial charge on any atom is 0.339 e. The zero-order valence-electron chi connectivity index (χ0n) is 21.6. The Morgan fingerprint density at radius 1 is 0.714 bits per heavy atom.